The summed E-state index contributed by atoms with van der Waals surface area (Å²) in [5.74, 6) is -0.0926. The summed E-state index contributed by atoms with van der Waals surface area (Å²) in [5, 5.41) is 4.29. The molecule has 1 N–H and O–H groups in total. The molecule has 0 radical (unpaired) electrons. The summed E-state index contributed by atoms with van der Waals surface area (Å²) in [5.41, 5.74) is 3.43. The van der Waals surface area contributed by atoms with E-state index in [0.29, 0.717) is 10.8 Å². The van der Waals surface area contributed by atoms with Crippen LogP contribution in [0.5, 0.6) is 5.75 Å². The molecule has 0 unspecified atom stereocenters. The van der Waals surface area contributed by atoms with Crippen molar-refractivity contribution < 1.29 is 17.9 Å². The van der Waals surface area contributed by atoms with Gasteiger partial charge in [0.2, 0.25) is 0 Å². The Morgan fingerprint density at radius 1 is 1.12 bits per heavy atom. The molecule has 1 amide bonds. The summed E-state index contributed by atoms with van der Waals surface area (Å²) in [6.07, 6.45) is 3.47. The average molecular weight is 504 g/mol. The number of carbonyl (C=O) groups is 1. The fourth-order valence-electron chi connectivity index (χ4n) is 2.86. The molecule has 3 aromatic rings. The van der Waals surface area contributed by atoms with E-state index in [-0.39, 0.29) is 10.6 Å². The number of hydrogen-bond acceptors (Lipinski definition) is 6. The van der Waals surface area contributed by atoms with E-state index in [1.807, 2.05) is 30.5 Å². The summed E-state index contributed by atoms with van der Waals surface area (Å²) in [4.78, 5) is 13.7. The molecule has 7 nitrogen and oxygen atoms in total. The molecule has 0 fully saturated rings. The van der Waals surface area contributed by atoms with Crippen molar-refractivity contribution in [1.82, 2.24) is 5.43 Å². The summed E-state index contributed by atoms with van der Waals surface area (Å²) in [6, 6.07) is 19.8. The number of nitrogens with one attached hydrogen (secondary N) is 1. The molecule has 0 aromatic heterocycles. The van der Waals surface area contributed by atoms with E-state index in [2.05, 4.69) is 10.5 Å². The molecule has 3 rings (SSSR count). The number of sulfonamides is 1. The van der Waals surface area contributed by atoms with Crippen LogP contribution in [0.3, 0.4) is 0 Å². The molecule has 0 saturated carbocycles. The molecule has 0 aliphatic carbocycles. The Morgan fingerprint density at radius 3 is 2.42 bits per heavy atom. The standard InChI is InChI=1S/C23H22ClN3O4S2/c1-31-20-8-12-22(13-9-20)33(29,30)27(19-5-3-4-18(24)14-19)16-23(28)26-25-15-17-6-10-21(32-2)11-7-17/h3-15H,16H2,1-2H3,(H,26,28)/b25-15-. The fourth-order valence-corrected chi connectivity index (χ4v) is 4.86. The van der Waals surface area contributed by atoms with Crippen molar-refractivity contribution in [2.75, 3.05) is 24.2 Å². The van der Waals surface area contributed by atoms with Crippen LogP contribution in [0.1, 0.15) is 5.56 Å². The van der Waals surface area contributed by atoms with Gasteiger partial charge in [0.05, 0.1) is 23.9 Å². The highest BCUT2D eigenvalue weighted by atomic mass is 35.5. The van der Waals surface area contributed by atoms with Crippen molar-refractivity contribution in [3.05, 3.63) is 83.4 Å². The summed E-state index contributed by atoms with van der Waals surface area (Å²) >= 11 is 7.69. The van der Waals surface area contributed by atoms with Crippen LogP contribution in [-0.2, 0) is 14.8 Å². The van der Waals surface area contributed by atoms with E-state index in [9.17, 15) is 13.2 Å². The van der Waals surface area contributed by atoms with Gasteiger partial charge in [-0.1, -0.05) is 29.8 Å². The Labute approximate surface area is 202 Å². The monoisotopic (exact) mass is 503 g/mol. The van der Waals surface area contributed by atoms with Gasteiger partial charge in [-0.2, -0.15) is 5.10 Å². The highest BCUT2D eigenvalue weighted by Crippen LogP contribution is 2.27. The first-order valence-corrected chi connectivity index (χ1v) is 12.8. The lowest BCUT2D eigenvalue weighted by molar-refractivity contribution is -0.119. The van der Waals surface area contributed by atoms with Gasteiger partial charge in [0.25, 0.3) is 15.9 Å². The summed E-state index contributed by atoms with van der Waals surface area (Å²) in [6.45, 7) is -0.489. The number of thioether (sulfide) groups is 1. The minimum Gasteiger partial charge on any atom is -0.497 e. The first kappa shape index (κ1) is 24.6. The quantitative estimate of drug-likeness (QED) is 0.265. The Balaban J connectivity index is 1.81. The maximum atomic E-state index is 13.4. The van der Waals surface area contributed by atoms with Crippen molar-refractivity contribution in [3.63, 3.8) is 0 Å². The smallest absolute Gasteiger partial charge is 0.264 e. The van der Waals surface area contributed by atoms with Crippen molar-refractivity contribution in [3.8, 4) is 5.75 Å². The predicted octanol–water partition coefficient (Wildman–Crippen LogP) is 4.42. The molecule has 0 aliphatic heterocycles. The normalized spacial score (nSPS) is 11.4. The number of benzene rings is 3. The zero-order chi connectivity index (χ0) is 23.8. The van der Waals surface area contributed by atoms with Crippen LogP contribution >= 0.6 is 23.4 Å². The average Bonchev–Trinajstić information content (AvgIpc) is 2.83. The van der Waals surface area contributed by atoms with Gasteiger partial charge in [0, 0.05) is 9.92 Å². The molecular formula is C23H22ClN3O4S2. The van der Waals surface area contributed by atoms with Gasteiger partial charge in [-0.25, -0.2) is 13.8 Å². The number of methoxy groups -OCH3 is 1. The molecule has 0 atom stereocenters. The minimum atomic E-state index is -4.07. The first-order chi connectivity index (χ1) is 15.8. The van der Waals surface area contributed by atoms with E-state index < -0.39 is 22.5 Å². The number of carbonyl (C=O) groups excluding carboxylic acids is 1. The van der Waals surface area contributed by atoms with Crippen molar-refractivity contribution in [2.24, 2.45) is 5.10 Å². The van der Waals surface area contributed by atoms with E-state index in [1.54, 1.807) is 30.0 Å². The zero-order valence-corrected chi connectivity index (χ0v) is 20.3. The second-order valence-electron chi connectivity index (χ2n) is 6.73. The van der Waals surface area contributed by atoms with Crippen LogP contribution < -0.4 is 14.5 Å². The van der Waals surface area contributed by atoms with E-state index in [4.69, 9.17) is 16.3 Å². The van der Waals surface area contributed by atoms with Crippen LogP contribution in [0.2, 0.25) is 5.02 Å². The van der Waals surface area contributed by atoms with Gasteiger partial charge in [-0.3, -0.25) is 9.10 Å². The van der Waals surface area contributed by atoms with E-state index in [0.717, 1.165) is 14.8 Å². The molecule has 0 aliphatic rings. The lowest BCUT2D eigenvalue weighted by Crippen LogP contribution is -2.39. The zero-order valence-electron chi connectivity index (χ0n) is 17.9. The molecule has 3 aromatic carbocycles. The Hall–Kier alpha value is -3.01. The van der Waals surface area contributed by atoms with Crippen LogP contribution in [0.25, 0.3) is 0 Å². The number of anilines is 1. The lowest BCUT2D eigenvalue weighted by atomic mass is 10.2. The largest absolute Gasteiger partial charge is 0.497 e. The molecular weight excluding hydrogens is 482 g/mol. The predicted molar refractivity (Wildman–Crippen MR) is 133 cm³/mol. The molecule has 0 bridgehead atoms. The highest BCUT2D eigenvalue weighted by molar-refractivity contribution is 7.98. The maximum Gasteiger partial charge on any atom is 0.264 e. The Kier molecular flexibility index (Phi) is 8.37. The van der Waals surface area contributed by atoms with Gasteiger partial charge < -0.3 is 4.74 Å². The third-order valence-corrected chi connectivity index (χ3v) is 7.32. The van der Waals surface area contributed by atoms with Crippen molar-refractivity contribution in [1.29, 1.82) is 0 Å². The second-order valence-corrected chi connectivity index (χ2v) is 9.91. The number of halogens is 1. The van der Waals surface area contributed by atoms with Crippen LogP contribution in [-0.4, -0.2) is 40.4 Å². The van der Waals surface area contributed by atoms with E-state index >= 15 is 0 Å². The van der Waals surface area contributed by atoms with Gasteiger partial charge >= 0.3 is 0 Å². The third kappa shape index (κ3) is 6.50. The number of nitrogens with zero attached hydrogens (tertiary/aromatic N) is 2. The van der Waals surface area contributed by atoms with E-state index in [1.165, 1.54) is 43.7 Å². The number of amides is 1. The maximum absolute atomic E-state index is 13.4. The molecule has 33 heavy (non-hydrogen) atoms. The Morgan fingerprint density at radius 2 is 1.82 bits per heavy atom. The van der Waals surface area contributed by atoms with Crippen molar-refractivity contribution >= 4 is 51.2 Å². The van der Waals surface area contributed by atoms with Gasteiger partial charge in [-0.05, 0) is 66.4 Å². The fraction of sp³-hybridized carbons (Fsp3) is 0.130. The van der Waals surface area contributed by atoms with Gasteiger partial charge in [0.1, 0.15) is 12.3 Å². The first-order valence-electron chi connectivity index (χ1n) is 9.72. The van der Waals surface area contributed by atoms with Gasteiger partial charge in [-0.15, -0.1) is 11.8 Å². The van der Waals surface area contributed by atoms with Crippen LogP contribution in [0.15, 0.2) is 87.7 Å². The van der Waals surface area contributed by atoms with Crippen LogP contribution in [0, 0.1) is 0 Å². The highest BCUT2D eigenvalue weighted by Gasteiger charge is 2.27. The minimum absolute atomic E-state index is 0.00783. The number of hydrazone groups is 1. The number of ether oxygens (including phenoxy) is 1. The second kappa shape index (κ2) is 11.2. The third-order valence-electron chi connectivity index (χ3n) is 4.55. The molecule has 172 valence electrons. The molecule has 10 heteroatoms. The Bertz CT molecular complexity index is 1230. The topological polar surface area (TPSA) is 88.1 Å². The SMILES string of the molecule is COc1ccc(S(=O)(=O)N(CC(=O)N/N=C\c2ccc(SC)cc2)c2cccc(Cl)c2)cc1. The van der Waals surface area contributed by atoms with Crippen LogP contribution in [0.4, 0.5) is 5.69 Å². The molecule has 0 heterocycles. The number of hydrogen-bond donors (Lipinski definition) is 1. The van der Waals surface area contributed by atoms with Gasteiger partial charge in [0.15, 0.2) is 0 Å². The number of rotatable bonds is 9. The molecule has 0 spiro atoms. The molecule has 0 saturated heterocycles. The summed E-state index contributed by atoms with van der Waals surface area (Å²) in [7, 11) is -2.58. The summed E-state index contributed by atoms with van der Waals surface area (Å²) < 4.78 is 32.8. The van der Waals surface area contributed by atoms with Crippen molar-refractivity contribution in [2.45, 2.75) is 9.79 Å². The lowest BCUT2D eigenvalue weighted by Gasteiger charge is -2.24.